The van der Waals surface area contributed by atoms with E-state index < -0.39 is 0 Å². The SMILES string of the molecule is Fc1ccccc1-c1c(Oc2ccc3ccccc3c2)c(-c2ccccc2)nc2ccc(Cl)cc12. The van der Waals surface area contributed by atoms with E-state index in [0.29, 0.717) is 38.9 Å². The van der Waals surface area contributed by atoms with Gasteiger partial charge in [0.2, 0.25) is 0 Å². The van der Waals surface area contributed by atoms with Crippen LogP contribution in [-0.2, 0) is 0 Å². The largest absolute Gasteiger partial charge is 0.454 e. The van der Waals surface area contributed by atoms with Gasteiger partial charge in [-0.3, -0.25) is 0 Å². The molecule has 0 bridgehead atoms. The highest BCUT2D eigenvalue weighted by Crippen LogP contribution is 2.46. The zero-order valence-electron chi connectivity index (χ0n) is 18.6. The smallest absolute Gasteiger partial charge is 0.162 e. The predicted molar refractivity (Wildman–Crippen MR) is 142 cm³/mol. The van der Waals surface area contributed by atoms with Crippen LogP contribution in [0.2, 0.25) is 5.02 Å². The van der Waals surface area contributed by atoms with Crippen LogP contribution in [0.3, 0.4) is 0 Å². The van der Waals surface area contributed by atoms with E-state index in [9.17, 15) is 0 Å². The third kappa shape index (κ3) is 4.01. The van der Waals surface area contributed by atoms with E-state index in [1.54, 1.807) is 18.2 Å². The van der Waals surface area contributed by atoms with Gasteiger partial charge in [0.25, 0.3) is 0 Å². The molecule has 0 fully saturated rings. The maximum Gasteiger partial charge on any atom is 0.162 e. The van der Waals surface area contributed by atoms with Crippen LogP contribution in [0.4, 0.5) is 4.39 Å². The third-order valence-electron chi connectivity index (χ3n) is 6.03. The molecular weight excluding hydrogens is 457 g/mol. The summed E-state index contributed by atoms with van der Waals surface area (Å²) in [4.78, 5) is 4.95. The number of hydrogen-bond donors (Lipinski definition) is 0. The molecule has 35 heavy (non-hydrogen) atoms. The maximum atomic E-state index is 15.3. The molecule has 0 unspecified atom stereocenters. The lowest BCUT2D eigenvalue weighted by molar-refractivity contribution is 0.485. The van der Waals surface area contributed by atoms with Crippen molar-refractivity contribution in [3.63, 3.8) is 0 Å². The van der Waals surface area contributed by atoms with Gasteiger partial charge in [-0.1, -0.05) is 90.5 Å². The topological polar surface area (TPSA) is 22.1 Å². The summed E-state index contributed by atoms with van der Waals surface area (Å²) in [6.45, 7) is 0. The Balaban J connectivity index is 1.69. The first-order chi connectivity index (χ1) is 17.2. The molecule has 168 valence electrons. The Morgan fingerprint density at radius 3 is 2.26 bits per heavy atom. The van der Waals surface area contributed by atoms with Gasteiger partial charge in [-0.05, 0) is 47.2 Å². The lowest BCUT2D eigenvalue weighted by Crippen LogP contribution is -1.98. The van der Waals surface area contributed by atoms with Gasteiger partial charge in [0.15, 0.2) is 5.75 Å². The van der Waals surface area contributed by atoms with Gasteiger partial charge >= 0.3 is 0 Å². The van der Waals surface area contributed by atoms with Crippen molar-refractivity contribution in [3.05, 3.63) is 126 Å². The van der Waals surface area contributed by atoms with Gasteiger partial charge in [-0.2, -0.15) is 0 Å². The minimum absolute atomic E-state index is 0.345. The summed E-state index contributed by atoms with van der Waals surface area (Å²) in [6.07, 6.45) is 0. The first-order valence-corrected chi connectivity index (χ1v) is 11.7. The molecule has 0 amide bonds. The molecule has 0 atom stereocenters. The molecule has 0 N–H and O–H groups in total. The van der Waals surface area contributed by atoms with E-state index in [4.69, 9.17) is 21.3 Å². The molecule has 0 aliphatic heterocycles. The van der Waals surface area contributed by atoms with Gasteiger partial charge in [-0.25, -0.2) is 9.37 Å². The molecule has 0 spiro atoms. The number of fused-ring (bicyclic) bond motifs is 2. The molecule has 0 saturated heterocycles. The van der Waals surface area contributed by atoms with Crippen LogP contribution in [0.1, 0.15) is 0 Å². The van der Waals surface area contributed by atoms with Crippen molar-refractivity contribution in [2.75, 3.05) is 0 Å². The highest BCUT2D eigenvalue weighted by atomic mass is 35.5. The van der Waals surface area contributed by atoms with Crippen LogP contribution in [-0.4, -0.2) is 4.98 Å². The fraction of sp³-hybridized carbons (Fsp3) is 0. The standard InChI is InChI=1S/C31H19ClFNO/c32-23-15-17-28-26(19-23)29(25-12-6-7-13-27(25)33)31(30(34-28)21-9-2-1-3-10-21)35-24-16-14-20-8-4-5-11-22(20)18-24/h1-19H. The Morgan fingerprint density at radius 2 is 1.43 bits per heavy atom. The number of hydrogen-bond acceptors (Lipinski definition) is 2. The van der Waals surface area contributed by atoms with Gasteiger partial charge in [-0.15, -0.1) is 0 Å². The summed E-state index contributed by atoms with van der Waals surface area (Å²) in [5.74, 6) is 0.773. The molecule has 0 saturated carbocycles. The Labute approximate surface area is 207 Å². The summed E-state index contributed by atoms with van der Waals surface area (Å²) in [7, 11) is 0. The molecule has 6 rings (SSSR count). The van der Waals surface area contributed by atoms with Crippen LogP contribution < -0.4 is 4.74 Å². The average molecular weight is 476 g/mol. The van der Waals surface area contributed by atoms with Crippen molar-refractivity contribution >= 4 is 33.3 Å². The molecule has 6 aromatic rings. The molecule has 5 aromatic carbocycles. The fourth-order valence-corrected chi connectivity index (χ4v) is 4.56. The average Bonchev–Trinajstić information content (AvgIpc) is 2.89. The Hall–Kier alpha value is -4.21. The van der Waals surface area contributed by atoms with Gasteiger partial charge in [0.1, 0.15) is 17.3 Å². The Morgan fingerprint density at radius 1 is 0.686 bits per heavy atom. The van der Waals surface area contributed by atoms with E-state index in [0.717, 1.165) is 21.7 Å². The van der Waals surface area contributed by atoms with E-state index >= 15 is 4.39 Å². The highest BCUT2D eigenvalue weighted by Gasteiger charge is 2.22. The Kier molecular flexibility index (Phi) is 5.40. The number of aromatic nitrogens is 1. The van der Waals surface area contributed by atoms with Crippen LogP contribution in [0.25, 0.3) is 44.1 Å². The van der Waals surface area contributed by atoms with Crippen molar-refractivity contribution in [2.24, 2.45) is 0 Å². The lowest BCUT2D eigenvalue weighted by Gasteiger charge is -2.19. The van der Waals surface area contributed by atoms with Crippen LogP contribution >= 0.6 is 11.6 Å². The number of benzene rings is 5. The van der Waals surface area contributed by atoms with Gasteiger partial charge < -0.3 is 4.74 Å². The van der Waals surface area contributed by atoms with Crippen LogP contribution in [0.15, 0.2) is 115 Å². The first-order valence-electron chi connectivity index (χ1n) is 11.3. The van der Waals surface area contributed by atoms with E-state index in [1.807, 2.05) is 84.9 Å². The van der Waals surface area contributed by atoms with Crippen molar-refractivity contribution in [2.45, 2.75) is 0 Å². The van der Waals surface area contributed by atoms with Crippen molar-refractivity contribution < 1.29 is 9.13 Å². The number of ether oxygens (including phenoxy) is 1. The monoisotopic (exact) mass is 475 g/mol. The summed E-state index contributed by atoms with van der Waals surface area (Å²) in [5, 5.41) is 3.43. The summed E-state index contributed by atoms with van der Waals surface area (Å²) in [5.41, 5.74) is 3.25. The predicted octanol–water partition coefficient (Wildman–Crippen LogP) is 9.31. The molecule has 0 aliphatic carbocycles. The minimum atomic E-state index is -0.345. The quantitative estimate of drug-likeness (QED) is 0.253. The van der Waals surface area contributed by atoms with E-state index in [1.165, 1.54) is 6.07 Å². The summed E-state index contributed by atoms with van der Waals surface area (Å²) >= 11 is 6.39. The van der Waals surface area contributed by atoms with Gasteiger partial charge in [0.05, 0.1) is 5.52 Å². The fourth-order valence-electron chi connectivity index (χ4n) is 4.39. The van der Waals surface area contributed by atoms with Crippen molar-refractivity contribution in [1.82, 2.24) is 4.98 Å². The summed E-state index contributed by atoms with van der Waals surface area (Å²) < 4.78 is 21.8. The highest BCUT2D eigenvalue weighted by molar-refractivity contribution is 6.31. The molecular formula is C31H19ClFNO. The number of rotatable bonds is 4. The molecule has 2 nitrogen and oxygen atoms in total. The van der Waals surface area contributed by atoms with Crippen LogP contribution in [0, 0.1) is 5.82 Å². The third-order valence-corrected chi connectivity index (χ3v) is 6.27. The maximum absolute atomic E-state index is 15.3. The number of nitrogens with zero attached hydrogens (tertiary/aromatic N) is 1. The second-order valence-corrected chi connectivity index (χ2v) is 8.72. The van der Waals surface area contributed by atoms with E-state index in [2.05, 4.69) is 6.07 Å². The minimum Gasteiger partial charge on any atom is -0.454 e. The van der Waals surface area contributed by atoms with Gasteiger partial charge in [0, 0.05) is 27.1 Å². The van der Waals surface area contributed by atoms with Crippen LogP contribution in [0.5, 0.6) is 11.5 Å². The lowest BCUT2D eigenvalue weighted by atomic mass is 9.96. The molecule has 0 radical (unpaired) electrons. The molecule has 1 aromatic heterocycles. The molecule has 4 heteroatoms. The number of halogens is 2. The normalized spacial score (nSPS) is 11.1. The molecule has 0 aliphatic rings. The summed E-state index contributed by atoms with van der Waals surface area (Å²) in [6, 6.07) is 36.0. The zero-order chi connectivity index (χ0) is 23.8. The Bertz CT molecular complexity index is 1700. The first kappa shape index (κ1) is 21.3. The van der Waals surface area contributed by atoms with Crippen molar-refractivity contribution in [3.8, 4) is 33.9 Å². The molecule has 1 heterocycles. The second-order valence-electron chi connectivity index (χ2n) is 8.28. The van der Waals surface area contributed by atoms with E-state index in [-0.39, 0.29) is 5.82 Å². The number of pyridine rings is 1. The van der Waals surface area contributed by atoms with Crippen molar-refractivity contribution in [1.29, 1.82) is 0 Å². The second kappa shape index (κ2) is 8.86. The zero-order valence-corrected chi connectivity index (χ0v) is 19.3.